The van der Waals surface area contributed by atoms with Gasteiger partial charge in [-0.15, -0.1) is 0 Å². The standard InChI is InChI=1S/C17H22N2O4/c1-19(2)15(16-8-5-9-22-16)11-18-17(20)12-23-14-7-4-6-13(10-14)21-3/h4-10,15H,11-12H2,1-3H3,(H,18,20). The predicted molar refractivity (Wildman–Crippen MR) is 86.6 cm³/mol. The molecule has 1 unspecified atom stereocenters. The Morgan fingerprint density at radius 1 is 1.26 bits per heavy atom. The topological polar surface area (TPSA) is 63.9 Å². The van der Waals surface area contributed by atoms with E-state index in [2.05, 4.69) is 5.32 Å². The lowest BCUT2D eigenvalue weighted by Gasteiger charge is -2.22. The second-order valence-corrected chi connectivity index (χ2v) is 5.27. The number of nitrogens with zero attached hydrogens (tertiary/aromatic N) is 1. The van der Waals surface area contributed by atoms with Crippen LogP contribution in [0.1, 0.15) is 11.8 Å². The van der Waals surface area contributed by atoms with Crippen LogP contribution in [0, 0.1) is 0 Å². The highest BCUT2D eigenvalue weighted by atomic mass is 16.5. The fraction of sp³-hybridized carbons (Fsp3) is 0.353. The molecule has 0 radical (unpaired) electrons. The highest BCUT2D eigenvalue weighted by molar-refractivity contribution is 5.77. The van der Waals surface area contributed by atoms with E-state index in [1.165, 1.54) is 0 Å². The van der Waals surface area contributed by atoms with Crippen LogP contribution in [0.2, 0.25) is 0 Å². The van der Waals surface area contributed by atoms with E-state index in [9.17, 15) is 4.79 Å². The van der Waals surface area contributed by atoms with Crippen molar-refractivity contribution in [3.05, 3.63) is 48.4 Å². The summed E-state index contributed by atoms with van der Waals surface area (Å²) in [6.45, 7) is 0.395. The van der Waals surface area contributed by atoms with Crippen LogP contribution in [-0.2, 0) is 4.79 Å². The fourth-order valence-corrected chi connectivity index (χ4v) is 2.12. The number of likely N-dealkylation sites (N-methyl/N-ethyl adjacent to an activating group) is 1. The first-order valence-electron chi connectivity index (χ1n) is 7.33. The van der Waals surface area contributed by atoms with E-state index in [-0.39, 0.29) is 18.6 Å². The number of benzene rings is 1. The minimum Gasteiger partial charge on any atom is -0.497 e. The largest absolute Gasteiger partial charge is 0.497 e. The maximum absolute atomic E-state index is 12.0. The zero-order valence-electron chi connectivity index (χ0n) is 13.6. The van der Waals surface area contributed by atoms with Crippen LogP contribution in [0.3, 0.4) is 0 Å². The minimum absolute atomic E-state index is 0.0224. The quantitative estimate of drug-likeness (QED) is 0.807. The van der Waals surface area contributed by atoms with Crippen molar-refractivity contribution < 1.29 is 18.7 Å². The molecule has 0 aliphatic heterocycles. The molecule has 0 fully saturated rings. The van der Waals surface area contributed by atoms with E-state index < -0.39 is 0 Å². The summed E-state index contributed by atoms with van der Waals surface area (Å²) in [6.07, 6.45) is 1.62. The molecule has 1 heterocycles. The lowest BCUT2D eigenvalue weighted by Crippen LogP contribution is -2.36. The molecule has 1 aromatic heterocycles. The van der Waals surface area contributed by atoms with Gasteiger partial charge in [-0.3, -0.25) is 9.69 Å². The lowest BCUT2D eigenvalue weighted by molar-refractivity contribution is -0.123. The third-order valence-corrected chi connectivity index (χ3v) is 3.40. The van der Waals surface area contributed by atoms with E-state index in [4.69, 9.17) is 13.9 Å². The molecule has 23 heavy (non-hydrogen) atoms. The Hall–Kier alpha value is -2.47. The smallest absolute Gasteiger partial charge is 0.258 e. The van der Waals surface area contributed by atoms with Crippen LogP contribution in [0.25, 0.3) is 0 Å². The van der Waals surface area contributed by atoms with Crippen LogP contribution >= 0.6 is 0 Å². The molecular weight excluding hydrogens is 296 g/mol. The summed E-state index contributed by atoms with van der Waals surface area (Å²) in [5.41, 5.74) is 0. The third-order valence-electron chi connectivity index (χ3n) is 3.40. The number of hydrogen-bond donors (Lipinski definition) is 1. The van der Waals surface area contributed by atoms with Gasteiger partial charge in [0.25, 0.3) is 5.91 Å². The monoisotopic (exact) mass is 318 g/mol. The minimum atomic E-state index is -0.189. The second-order valence-electron chi connectivity index (χ2n) is 5.27. The Morgan fingerprint density at radius 3 is 2.70 bits per heavy atom. The summed E-state index contributed by atoms with van der Waals surface area (Å²) in [5.74, 6) is 1.90. The number of carbonyl (C=O) groups is 1. The van der Waals surface area contributed by atoms with Crippen LogP contribution in [-0.4, -0.2) is 45.2 Å². The number of furan rings is 1. The van der Waals surface area contributed by atoms with Crippen molar-refractivity contribution in [2.24, 2.45) is 0 Å². The van der Waals surface area contributed by atoms with Gasteiger partial charge in [0.2, 0.25) is 0 Å². The first kappa shape index (κ1) is 16.9. The van der Waals surface area contributed by atoms with Crippen LogP contribution in [0.15, 0.2) is 47.1 Å². The maximum Gasteiger partial charge on any atom is 0.258 e. The average molecular weight is 318 g/mol. The van der Waals surface area contributed by atoms with Gasteiger partial charge < -0.3 is 19.2 Å². The van der Waals surface area contributed by atoms with E-state index >= 15 is 0 Å². The molecule has 0 aliphatic rings. The van der Waals surface area contributed by atoms with E-state index in [1.807, 2.05) is 43.3 Å². The Labute approximate surface area is 136 Å². The number of methoxy groups -OCH3 is 1. The van der Waals surface area contributed by atoms with Crippen molar-refractivity contribution in [2.45, 2.75) is 6.04 Å². The Balaban J connectivity index is 1.82. The molecule has 0 saturated heterocycles. The van der Waals surface area contributed by atoms with Crippen LogP contribution in [0.5, 0.6) is 11.5 Å². The number of rotatable bonds is 8. The van der Waals surface area contributed by atoms with E-state index in [0.717, 1.165) is 5.76 Å². The molecule has 2 aromatic rings. The second kappa shape index (κ2) is 8.24. The summed E-state index contributed by atoms with van der Waals surface area (Å²) in [7, 11) is 5.46. The van der Waals surface area contributed by atoms with Gasteiger partial charge in [0.05, 0.1) is 19.4 Å². The summed E-state index contributed by atoms with van der Waals surface area (Å²) in [6, 6.07) is 10.8. The first-order chi connectivity index (χ1) is 11.1. The Bertz CT molecular complexity index is 611. The fourth-order valence-electron chi connectivity index (χ4n) is 2.12. The van der Waals surface area contributed by atoms with Crippen LogP contribution < -0.4 is 14.8 Å². The van der Waals surface area contributed by atoms with Crippen molar-refractivity contribution in [1.29, 1.82) is 0 Å². The van der Waals surface area contributed by atoms with Gasteiger partial charge in [0, 0.05) is 12.6 Å². The SMILES string of the molecule is COc1cccc(OCC(=O)NCC(c2ccco2)N(C)C)c1. The summed E-state index contributed by atoms with van der Waals surface area (Å²) in [5, 5.41) is 2.85. The molecular formula is C17H22N2O4. The summed E-state index contributed by atoms with van der Waals surface area (Å²) < 4.78 is 16.0. The number of nitrogens with one attached hydrogen (secondary N) is 1. The van der Waals surface area contributed by atoms with Crippen molar-refractivity contribution in [1.82, 2.24) is 10.2 Å². The molecule has 1 amide bonds. The molecule has 0 aliphatic carbocycles. The third kappa shape index (κ3) is 5.03. The van der Waals surface area contributed by atoms with Crippen molar-refractivity contribution >= 4 is 5.91 Å². The summed E-state index contributed by atoms with van der Waals surface area (Å²) >= 11 is 0. The van der Waals surface area contributed by atoms with Gasteiger partial charge in [-0.25, -0.2) is 0 Å². The van der Waals surface area contributed by atoms with Gasteiger partial charge in [-0.05, 0) is 38.4 Å². The van der Waals surface area contributed by atoms with Gasteiger partial charge in [0.1, 0.15) is 17.3 Å². The normalized spacial score (nSPS) is 12.0. The average Bonchev–Trinajstić information content (AvgIpc) is 3.07. The number of amides is 1. The maximum atomic E-state index is 12.0. The van der Waals surface area contributed by atoms with Crippen molar-refractivity contribution in [3.8, 4) is 11.5 Å². The van der Waals surface area contributed by atoms with Crippen molar-refractivity contribution in [3.63, 3.8) is 0 Å². The zero-order valence-corrected chi connectivity index (χ0v) is 13.6. The van der Waals surface area contributed by atoms with Crippen molar-refractivity contribution in [2.75, 3.05) is 34.4 Å². The molecule has 6 heteroatoms. The number of ether oxygens (including phenoxy) is 2. The van der Waals surface area contributed by atoms with Crippen LogP contribution in [0.4, 0.5) is 0 Å². The van der Waals surface area contributed by atoms with Gasteiger partial charge in [-0.1, -0.05) is 6.07 Å². The summed E-state index contributed by atoms with van der Waals surface area (Å²) in [4.78, 5) is 13.9. The molecule has 2 rings (SSSR count). The highest BCUT2D eigenvalue weighted by Gasteiger charge is 2.17. The first-order valence-corrected chi connectivity index (χ1v) is 7.33. The Kier molecular flexibility index (Phi) is 6.05. The van der Waals surface area contributed by atoms with Gasteiger partial charge in [0.15, 0.2) is 6.61 Å². The number of carbonyl (C=O) groups excluding carboxylic acids is 1. The van der Waals surface area contributed by atoms with Gasteiger partial charge in [-0.2, -0.15) is 0 Å². The molecule has 124 valence electrons. The number of hydrogen-bond acceptors (Lipinski definition) is 5. The molecule has 1 N–H and O–H groups in total. The molecule has 1 aromatic carbocycles. The lowest BCUT2D eigenvalue weighted by atomic mass is 10.2. The molecule has 0 bridgehead atoms. The molecule has 1 atom stereocenters. The zero-order chi connectivity index (χ0) is 16.7. The highest BCUT2D eigenvalue weighted by Crippen LogP contribution is 2.19. The van der Waals surface area contributed by atoms with E-state index in [1.54, 1.807) is 25.5 Å². The van der Waals surface area contributed by atoms with Gasteiger partial charge >= 0.3 is 0 Å². The molecule has 0 saturated carbocycles. The predicted octanol–water partition coefficient (Wildman–Crippen LogP) is 2.09. The molecule has 6 nitrogen and oxygen atoms in total. The Morgan fingerprint density at radius 2 is 2.04 bits per heavy atom. The molecule has 0 spiro atoms. The van der Waals surface area contributed by atoms with E-state index in [0.29, 0.717) is 18.0 Å².